The summed E-state index contributed by atoms with van der Waals surface area (Å²) in [5, 5.41) is 4.61. The molecule has 29 heavy (non-hydrogen) atoms. The Balaban J connectivity index is 1.95. The van der Waals surface area contributed by atoms with Gasteiger partial charge in [-0.15, -0.1) is 0 Å². The molecule has 3 amide bonds. The van der Waals surface area contributed by atoms with Crippen LogP contribution in [0.5, 0.6) is 0 Å². The lowest BCUT2D eigenvalue weighted by molar-refractivity contribution is -0.123. The highest BCUT2D eigenvalue weighted by Crippen LogP contribution is 2.21. The summed E-state index contributed by atoms with van der Waals surface area (Å²) in [6, 6.07) is 4.75. The zero-order valence-electron chi connectivity index (χ0n) is 16.6. The highest BCUT2D eigenvalue weighted by Gasteiger charge is 2.26. The first-order valence-corrected chi connectivity index (χ1v) is 11.1. The van der Waals surface area contributed by atoms with Gasteiger partial charge >= 0.3 is 12.0 Å². The molecule has 0 bridgehead atoms. The summed E-state index contributed by atoms with van der Waals surface area (Å²) in [4.78, 5) is 35.5. The second-order valence-electron chi connectivity index (χ2n) is 6.90. The molecule has 0 aliphatic carbocycles. The van der Waals surface area contributed by atoms with Crippen LogP contribution in [0.15, 0.2) is 29.2 Å². The Hall–Kier alpha value is -2.46. The van der Waals surface area contributed by atoms with Crippen molar-refractivity contribution in [1.82, 2.24) is 14.9 Å². The molecule has 1 aliphatic heterocycles. The van der Waals surface area contributed by atoms with Crippen LogP contribution in [0.1, 0.15) is 49.9 Å². The molecule has 0 spiro atoms. The Kier molecular flexibility index (Phi) is 8.15. The average Bonchev–Trinajstić information content (AvgIpc) is 2.72. The van der Waals surface area contributed by atoms with E-state index in [9.17, 15) is 22.8 Å². The number of hydrogen-bond donors (Lipinski definition) is 2. The van der Waals surface area contributed by atoms with E-state index in [0.29, 0.717) is 19.5 Å². The van der Waals surface area contributed by atoms with Gasteiger partial charge in [-0.05, 0) is 44.4 Å². The van der Waals surface area contributed by atoms with Crippen molar-refractivity contribution in [2.45, 2.75) is 50.5 Å². The van der Waals surface area contributed by atoms with Crippen molar-refractivity contribution in [3.8, 4) is 0 Å². The fourth-order valence-electron chi connectivity index (χ4n) is 2.78. The van der Waals surface area contributed by atoms with Crippen LogP contribution in [0.2, 0.25) is 0 Å². The van der Waals surface area contributed by atoms with Gasteiger partial charge in [0.2, 0.25) is 10.0 Å². The van der Waals surface area contributed by atoms with Crippen LogP contribution in [0.4, 0.5) is 4.79 Å². The minimum Gasteiger partial charge on any atom is -0.452 e. The van der Waals surface area contributed by atoms with E-state index in [1.165, 1.54) is 28.6 Å². The number of esters is 1. The molecule has 1 atom stereocenters. The molecule has 9 nitrogen and oxygen atoms in total. The number of carbonyl (C=O) groups excluding carboxylic acids is 3. The average molecular weight is 426 g/mol. The molecule has 2 rings (SSSR count). The van der Waals surface area contributed by atoms with Crippen molar-refractivity contribution in [2.24, 2.45) is 0 Å². The summed E-state index contributed by atoms with van der Waals surface area (Å²) in [5.74, 6) is -1.63. The number of imide groups is 1. The maximum Gasteiger partial charge on any atom is 0.338 e. The highest BCUT2D eigenvalue weighted by atomic mass is 32.2. The number of hydrogen-bond acceptors (Lipinski definition) is 6. The lowest BCUT2D eigenvalue weighted by atomic mass is 10.2. The molecule has 1 aromatic rings. The Morgan fingerprint density at radius 2 is 1.86 bits per heavy atom. The number of rotatable bonds is 7. The molecule has 2 N–H and O–H groups in total. The summed E-state index contributed by atoms with van der Waals surface area (Å²) in [6.45, 7) is 3.92. The van der Waals surface area contributed by atoms with E-state index in [1.54, 1.807) is 6.92 Å². The van der Waals surface area contributed by atoms with Gasteiger partial charge in [0, 0.05) is 19.1 Å². The SMILES string of the molecule is CC[C@@H](C)NC(=O)NC(=O)COC(=O)c1cccc(S(=O)(=O)N2CCCCC2)c1. The fraction of sp³-hybridized carbons (Fsp3) is 0.526. The lowest BCUT2D eigenvalue weighted by Gasteiger charge is -2.25. The van der Waals surface area contributed by atoms with Crippen LogP contribution in [-0.4, -0.2) is 56.4 Å². The predicted octanol–water partition coefficient (Wildman–Crippen LogP) is 1.64. The van der Waals surface area contributed by atoms with Gasteiger partial charge in [-0.1, -0.05) is 19.4 Å². The van der Waals surface area contributed by atoms with Gasteiger partial charge in [-0.3, -0.25) is 10.1 Å². The molecule has 1 aliphatic rings. The van der Waals surface area contributed by atoms with E-state index in [-0.39, 0.29) is 16.5 Å². The number of benzene rings is 1. The molecule has 0 radical (unpaired) electrons. The third-order valence-corrected chi connectivity index (χ3v) is 6.49. The van der Waals surface area contributed by atoms with Crippen molar-refractivity contribution >= 4 is 27.9 Å². The molecule has 1 fully saturated rings. The minimum absolute atomic E-state index is 0.00577. The van der Waals surface area contributed by atoms with Crippen LogP contribution in [-0.2, 0) is 19.6 Å². The molecule has 0 aromatic heterocycles. The Morgan fingerprint density at radius 1 is 1.17 bits per heavy atom. The van der Waals surface area contributed by atoms with E-state index in [1.807, 2.05) is 6.92 Å². The standard InChI is InChI=1S/C19H27N3O6S/c1-3-14(2)20-19(25)21-17(23)13-28-18(24)15-8-7-9-16(12-15)29(26,27)22-10-5-4-6-11-22/h7-9,12,14H,3-6,10-11,13H2,1-2H3,(H2,20,21,23,25)/t14-/m1/s1. The quantitative estimate of drug-likeness (QED) is 0.641. The normalized spacial score (nSPS) is 15.9. The van der Waals surface area contributed by atoms with Gasteiger partial charge in [-0.25, -0.2) is 18.0 Å². The molecule has 1 saturated heterocycles. The van der Waals surface area contributed by atoms with Crippen molar-refractivity contribution in [3.63, 3.8) is 0 Å². The summed E-state index contributed by atoms with van der Waals surface area (Å²) in [5.41, 5.74) is 0.0138. The number of sulfonamides is 1. The fourth-order valence-corrected chi connectivity index (χ4v) is 4.34. The number of nitrogens with zero attached hydrogens (tertiary/aromatic N) is 1. The van der Waals surface area contributed by atoms with Gasteiger partial charge in [0.05, 0.1) is 10.5 Å². The van der Waals surface area contributed by atoms with Gasteiger partial charge in [0.15, 0.2) is 6.61 Å². The lowest BCUT2D eigenvalue weighted by Crippen LogP contribution is -2.44. The molecule has 0 unspecified atom stereocenters. The van der Waals surface area contributed by atoms with Crippen molar-refractivity contribution < 1.29 is 27.5 Å². The van der Waals surface area contributed by atoms with Crippen LogP contribution >= 0.6 is 0 Å². The monoisotopic (exact) mass is 425 g/mol. The Bertz CT molecular complexity index is 849. The molecular weight excluding hydrogens is 398 g/mol. The largest absolute Gasteiger partial charge is 0.452 e. The number of piperidine rings is 1. The number of nitrogens with one attached hydrogen (secondary N) is 2. The third-order valence-electron chi connectivity index (χ3n) is 4.60. The van der Waals surface area contributed by atoms with Crippen molar-refractivity contribution in [2.75, 3.05) is 19.7 Å². The van der Waals surface area contributed by atoms with Crippen LogP contribution < -0.4 is 10.6 Å². The molecule has 160 valence electrons. The molecular formula is C19H27N3O6S. The zero-order valence-corrected chi connectivity index (χ0v) is 17.5. The third kappa shape index (κ3) is 6.53. The topological polar surface area (TPSA) is 122 Å². The summed E-state index contributed by atoms with van der Waals surface area (Å²) in [6.07, 6.45) is 3.31. The first-order valence-electron chi connectivity index (χ1n) is 9.61. The van der Waals surface area contributed by atoms with E-state index in [2.05, 4.69) is 10.6 Å². The second-order valence-corrected chi connectivity index (χ2v) is 8.84. The van der Waals surface area contributed by atoms with Crippen LogP contribution in [0.25, 0.3) is 0 Å². The first kappa shape index (κ1) is 22.8. The summed E-state index contributed by atoms with van der Waals surface area (Å²) >= 11 is 0. The number of urea groups is 1. The number of amides is 3. The van der Waals surface area contributed by atoms with Crippen molar-refractivity contribution in [3.05, 3.63) is 29.8 Å². The number of carbonyl (C=O) groups is 3. The van der Waals surface area contributed by atoms with Gasteiger partial charge in [0.1, 0.15) is 0 Å². The van der Waals surface area contributed by atoms with E-state index < -0.39 is 34.5 Å². The molecule has 1 aromatic carbocycles. The summed E-state index contributed by atoms with van der Waals surface area (Å²) in [7, 11) is -3.69. The van der Waals surface area contributed by atoms with Gasteiger partial charge in [0.25, 0.3) is 5.91 Å². The van der Waals surface area contributed by atoms with Gasteiger partial charge < -0.3 is 10.1 Å². The van der Waals surface area contributed by atoms with E-state index in [0.717, 1.165) is 19.3 Å². The van der Waals surface area contributed by atoms with Gasteiger partial charge in [-0.2, -0.15) is 4.31 Å². The molecule has 0 saturated carbocycles. The van der Waals surface area contributed by atoms with E-state index in [4.69, 9.17) is 4.74 Å². The number of ether oxygens (including phenoxy) is 1. The zero-order chi connectivity index (χ0) is 21.4. The Labute approximate surface area is 170 Å². The van der Waals surface area contributed by atoms with Crippen LogP contribution in [0, 0.1) is 0 Å². The predicted molar refractivity (Wildman–Crippen MR) is 106 cm³/mol. The smallest absolute Gasteiger partial charge is 0.338 e. The Morgan fingerprint density at radius 3 is 2.52 bits per heavy atom. The summed E-state index contributed by atoms with van der Waals surface area (Å²) < 4.78 is 31.8. The minimum atomic E-state index is -3.69. The first-order chi connectivity index (χ1) is 13.7. The second kappa shape index (κ2) is 10.4. The van der Waals surface area contributed by atoms with E-state index >= 15 is 0 Å². The maximum atomic E-state index is 12.7. The maximum absolute atomic E-state index is 12.7. The molecule has 1 heterocycles. The molecule has 10 heteroatoms. The van der Waals surface area contributed by atoms with Crippen LogP contribution in [0.3, 0.4) is 0 Å². The highest BCUT2D eigenvalue weighted by molar-refractivity contribution is 7.89. The van der Waals surface area contributed by atoms with Crippen molar-refractivity contribution in [1.29, 1.82) is 0 Å².